The first-order valence-electron chi connectivity index (χ1n) is 12.7. The molecule has 2 aromatic carbocycles. The van der Waals surface area contributed by atoms with Gasteiger partial charge in [0, 0.05) is 23.7 Å². The zero-order valence-electron chi connectivity index (χ0n) is 21.7. The van der Waals surface area contributed by atoms with Crippen molar-refractivity contribution in [3.05, 3.63) is 70.9 Å². The first-order valence-corrected chi connectivity index (χ1v) is 12.7. The van der Waals surface area contributed by atoms with Gasteiger partial charge in [0.1, 0.15) is 5.78 Å². The molecule has 0 radical (unpaired) electrons. The van der Waals surface area contributed by atoms with Crippen LogP contribution in [-0.2, 0) is 14.3 Å². The molecule has 0 N–H and O–H groups in total. The number of aliphatic imine (C=N–C) groups is 1. The third kappa shape index (κ3) is 5.23. The van der Waals surface area contributed by atoms with Crippen LogP contribution in [0.2, 0.25) is 0 Å². The van der Waals surface area contributed by atoms with Crippen molar-refractivity contribution in [2.75, 3.05) is 13.7 Å². The molecule has 0 saturated heterocycles. The summed E-state index contributed by atoms with van der Waals surface area (Å²) in [6.07, 6.45) is 1.67. The summed E-state index contributed by atoms with van der Waals surface area (Å²) in [6.45, 7) is 8.09. The second-order valence-corrected chi connectivity index (χ2v) is 9.75. The molecule has 6 heteroatoms. The Morgan fingerprint density at radius 3 is 2.44 bits per heavy atom. The van der Waals surface area contributed by atoms with E-state index in [2.05, 4.69) is 12.1 Å². The molecule has 1 aliphatic carbocycles. The van der Waals surface area contributed by atoms with Crippen molar-refractivity contribution in [2.24, 2.45) is 10.9 Å². The number of carbonyl (C=O) groups is 2. The van der Waals surface area contributed by atoms with E-state index in [0.29, 0.717) is 42.2 Å². The lowest BCUT2D eigenvalue weighted by Crippen LogP contribution is -2.41. The lowest BCUT2D eigenvalue weighted by Gasteiger charge is -2.38. The summed E-state index contributed by atoms with van der Waals surface area (Å²) in [7, 11) is 1.59. The predicted octanol–water partition coefficient (Wildman–Crippen LogP) is 6.01. The fourth-order valence-corrected chi connectivity index (χ4v) is 5.25. The van der Waals surface area contributed by atoms with Gasteiger partial charge in [0.25, 0.3) is 0 Å². The number of benzene rings is 2. The van der Waals surface area contributed by atoms with Crippen molar-refractivity contribution in [2.45, 2.75) is 64.9 Å². The van der Waals surface area contributed by atoms with Gasteiger partial charge in [0.15, 0.2) is 11.5 Å². The van der Waals surface area contributed by atoms with Gasteiger partial charge in [0.05, 0.1) is 31.3 Å². The molecule has 36 heavy (non-hydrogen) atoms. The topological polar surface area (TPSA) is 74.2 Å². The number of carbonyl (C=O) groups excluding carboxylic acids is 2. The minimum absolute atomic E-state index is 0.0747. The molecule has 2 aromatic rings. The van der Waals surface area contributed by atoms with Crippen molar-refractivity contribution in [3.8, 4) is 11.5 Å². The molecule has 2 aliphatic rings. The second-order valence-electron chi connectivity index (χ2n) is 9.75. The number of ether oxygens (including phenoxy) is 3. The van der Waals surface area contributed by atoms with Crippen LogP contribution >= 0.6 is 0 Å². The zero-order valence-corrected chi connectivity index (χ0v) is 21.7. The fraction of sp³-hybridized carbons (Fsp3) is 0.433. The minimum atomic E-state index is -0.518. The largest absolute Gasteiger partial charge is 0.493 e. The van der Waals surface area contributed by atoms with E-state index in [1.54, 1.807) is 7.11 Å². The predicted molar refractivity (Wildman–Crippen MR) is 140 cm³/mol. The van der Waals surface area contributed by atoms with Gasteiger partial charge in [-0.25, -0.2) is 4.79 Å². The monoisotopic (exact) mass is 489 g/mol. The number of rotatable bonds is 8. The number of hydrogen-bond donors (Lipinski definition) is 0. The van der Waals surface area contributed by atoms with Crippen LogP contribution in [-0.4, -0.2) is 37.3 Å². The van der Waals surface area contributed by atoms with Crippen LogP contribution < -0.4 is 9.47 Å². The molecule has 1 unspecified atom stereocenters. The summed E-state index contributed by atoms with van der Waals surface area (Å²) < 4.78 is 17.1. The first kappa shape index (κ1) is 25.7. The molecule has 1 fully saturated rings. The normalized spacial score (nSPS) is 21.7. The highest BCUT2D eigenvalue weighted by Gasteiger charge is 2.46. The van der Waals surface area contributed by atoms with E-state index in [-0.39, 0.29) is 17.8 Å². The molecule has 1 aliphatic heterocycles. The van der Waals surface area contributed by atoms with Crippen molar-refractivity contribution in [1.29, 1.82) is 0 Å². The lowest BCUT2D eigenvalue weighted by atomic mass is 9.66. The summed E-state index contributed by atoms with van der Waals surface area (Å²) in [5.74, 6) is -0.0723. The van der Waals surface area contributed by atoms with Crippen molar-refractivity contribution >= 4 is 17.5 Å². The van der Waals surface area contributed by atoms with Crippen LogP contribution in [0.15, 0.2) is 64.8 Å². The number of ketones is 1. The Kier molecular flexibility index (Phi) is 7.92. The van der Waals surface area contributed by atoms with Crippen LogP contribution in [0.5, 0.6) is 11.5 Å². The van der Waals surface area contributed by atoms with Gasteiger partial charge in [0.2, 0.25) is 0 Å². The summed E-state index contributed by atoms with van der Waals surface area (Å²) >= 11 is 0. The number of hydrogen-bond acceptors (Lipinski definition) is 6. The minimum Gasteiger partial charge on any atom is -0.493 e. The molecule has 1 saturated carbocycles. The smallest absolute Gasteiger partial charge is 0.336 e. The Morgan fingerprint density at radius 1 is 1.03 bits per heavy atom. The average molecular weight is 490 g/mol. The lowest BCUT2D eigenvalue weighted by molar-refractivity contribution is -0.143. The van der Waals surface area contributed by atoms with Crippen molar-refractivity contribution in [1.82, 2.24) is 0 Å². The summed E-state index contributed by atoms with van der Waals surface area (Å²) in [5, 5.41) is 0. The van der Waals surface area contributed by atoms with E-state index in [9.17, 15) is 9.59 Å². The molecular formula is C30H35NO5. The van der Waals surface area contributed by atoms with Crippen LogP contribution in [0, 0.1) is 5.92 Å². The number of esters is 1. The number of nitrogens with zero attached hydrogens (tertiary/aromatic N) is 1. The maximum absolute atomic E-state index is 13.7. The number of Topliss-reactive ketones (excluding diaryl/α,β-unsaturated/α-hetero) is 1. The van der Waals surface area contributed by atoms with Crippen molar-refractivity contribution in [3.63, 3.8) is 0 Å². The molecule has 0 bridgehead atoms. The van der Waals surface area contributed by atoms with Gasteiger partial charge in [-0.05, 0) is 62.8 Å². The third-order valence-corrected chi connectivity index (χ3v) is 6.80. The first-order chi connectivity index (χ1) is 17.3. The highest BCUT2D eigenvalue weighted by Crippen LogP contribution is 2.47. The SMILES string of the molecule is CCCOc1ccc([C@@H]2C(C(=O)OC(C)C)=C(C)N=C3C[C@H](c4ccccc4)CC(=O)C32)cc1OC. The fourth-order valence-electron chi connectivity index (χ4n) is 5.25. The Balaban J connectivity index is 1.79. The number of allylic oxidation sites excluding steroid dienone is 1. The van der Waals surface area contributed by atoms with E-state index in [1.165, 1.54) is 0 Å². The molecule has 0 spiro atoms. The summed E-state index contributed by atoms with van der Waals surface area (Å²) in [5.41, 5.74) is 3.81. The molecule has 0 amide bonds. The van der Waals surface area contributed by atoms with E-state index < -0.39 is 17.8 Å². The van der Waals surface area contributed by atoms with Gasteiger partial charge >= 0.3 is 5.97 Å². The molecular weight excluding hydrogens is 454 g/mol. The Hall–Kier alpha value is -3.41. The molecule has 0 aromatic heterocycles. The van der Waals surface area contributed by atoms with Gasteiger partial charge < -0.3 is 14.2 Å². The van der Waals surface area contributed by atoms with Crippen LogP contribution in [0.3, 0.4) is 0 Å². The molecule has 3 atom stereocenters. The van der Waals surface area contributed by atoms with E-state index in [1.807, 2.05) is 64.1 Å². The van der Waals surface area contributed by atoms with Crippen LogP contribution in [0.1, 0.15) is 69.9 Å². The van der Waals surface area contributed by atoms with Gasteiger partial charge in [-0.1, -0.05) is 43.3 Å². The van der Waals surface area contributed by atoms with Crippen LogP contribution in [0.4, 0.5) is 0 Å². The molecule has 190 valence electrons. The van der Waals surface area contributed by atoms with E-state index >= 15 is 0 Å². The third-order valence-electron chi connectivity index (χ3n) is 6.80. The van der Waals surface area contributed by atoms with Gasteiger partial charge in [-0.2, -0.15) is 0 Å². The Morgan fingerprint density at radius 2 is 1.78 bits per heavy atom. The van der Waals surface area contributed by atoms with E-state index in [4.69, 9.17) is 19.2 Å². The van der Waals surface area contributed by atoms with E-state index in [0.717, 1.165) is 23.3 Å². The maximum Gasteiger partial charge on any atom is 0.336 e. The maximum atomic E-state index is 13.7. The average Bonchev–Trinajstić information content (AvgIpc) is 2.86. The zero-order chi connectivity index (χ0) is 25.8. The standard InChI is InChI=1S/C30H35NO5/c1-6-14-35-25-13-12-21(17-26(25)34-5)28-27(30(33)36-18(2)3)19(4)31-23-15-22(16-24(32)29(23)28)20-10-8-7-9-11-20/h7-13,17-18,22,28-29H,6,14-16H2,1-5H3/t22-,28+,29?/m0/s1. The second kappa shape index (κ2) is 11.1. The Labute approximate surface area is 213 Å². The quantitative estimate of drug-likeness (QED) is 0.425. The highest BCUT2D eigenvalue weighted by molar-refractivity contribution is 6.12. The number of methoxy groups -OCH3 is 1. The van der Waals surface area contributed by atoms with Gasteiger partial charge in [-0.15, -0.1) is 0 Å². The van der Waals surface area contributed by atoms with Crippen molar-refractivity contribution < 1.29 is 23.8 Å². The molecule has 4 rings (SSSR count). The van der Waals surface area contributed by atoms with Gasteiger partial charge in [-0.3, -0.25) is 9.79 Å². The van der Waals surface area contributed by atoms with Crippen LogP contribution in [0.25, 0.3) is 0 Å². The summed E-state index contributed by atoms with van der Waals surface area (Å²) in [4.78, 5) is 31.9. The Bertz CT molecular complexity index is 1180. The highest BCUT2D eigenvalue weighted by atomic mass is 16.5. The summed E-state index contributed by atoms with van der Waals surface area (Å²) in [6, 6.07) is 15.8. The molecule has 1 heterocycles. The molecule has 6 nitrogen and oxygen atoms in total. The number of fused-ring (bicyclic) bond motifs is 1.